The van der Waals surface area contributed by atoms with E-state index in [1.165, 1.54) is 11.0 Å². The monoisotopic (exact) mass is 657 g/mol. The third-order valence-electron chi connectivity index (χ3n) is 7.38. The molecule has 1 aromatic carbocycles. The van der Waals surface area contributed by atoms with E-state index in [0.717, 1.165) is 0 Å². The van der Waals surface area contributed by atoms with Gasteiger partial charge in [-0.15, -0.1) is 17.0 Å². The zero-order valence-corrected chi connectivity index (χ0v) is 24.3. The lowest BCUT2D eigenvalue weighted by Crippen LogP contribution is -2.63. The van der Waals surface area contributed by atoms with Crippen LogP contribution in [0.25, 0.3) is 0 Å². The third kappa shape index (κ3) is 4.25. The first-order chi connectivity index (χ1) is 17.0. The number of carbonyl (C=O) groups is 4. The summed E-state index contributed by atoms with van der Waals surface area (Å²) in [5.41, 5.74) is 1.74. The molecule has 0 heterocycles. The molecule has 2 amide bonds. The van der Waals surface area contributed by atoms with Gasteiger partial charge in [0.25, 0.3) is 5.91 Å². The molecule has 2 unspecified atom stereocenters. The second-order valence-corrected chi connectivity index (χ2v) is 12.4. The predicted molar refractivity (Wildman–Crippen MR) is 146 cm³/mol. The van der Waals surface area contributed by atoms with E-state index in [-0.39, 0.29) is 46.6 Å². The highest BCUT2D eigenvalue weighted by Gasteiger charge is 2.63. The van der Waals surface area contributed by atoms with Gasteiger partial charge in [-0.25, -0.2) is 0 Å². The number of primary amides is 1. The number of fused-ring (bicyclic) bond motifs is 3. The molecule has 0 fully saturated rings. The summed E-state index contributed by atoms with van der Waals surface area (Å²) < 4.78 is -0.964. The van der Waals surface area contributed by atoms with Gasteiger partial charge in [-0.05, 0) is 58.3 Å². The number of benzene rings is 1. The maximum absolute atomic E-state index is 13.6. The summed E-state index contributed by atoms with van der Waals surface area (Å²) in [6, 6.07) is 1.99. The topological polar surface area (TPSA) is 190 Å². The number of carbonyl (C=O) groups excluding carboxylic acids is 4. The van der Waals surface area contributed by atoms with Crippen LogP contribution < -0.4 is 11.1 Å². The predicted octanol–water partition coefficient (Wildman–Crippen LogP) is 1.81. The summed E-state index contributed by atoms with van der Waals surface area (Å²) in [5, 5.41) is 47.1. The third-order valence-corrected chi connectivity index (χ3v) is 7.74. The summed E-state index contributed by atoms with van der Waals surface area (Å²) in [5.74, 6) is -7.71. The number of aromatic hydroxyl groups is 1. The Morgan fingerprint density at radius 3 is 2.32 bits per heavy atom. The van der Waals surface area contributed by atoms with Crippen molar-refractivity contribution in [2.24, 2.45) is 17.6 Å². The van der Waals surface area contributed by atoms with Crippen molar-refractivity contribution in [1.29, 1.82) is 0 Å². The number of anilines is 1. The number of phenols is 1. The number of likely N-dealkylation sites (N-methyl/N-ethyl adjacent to an activating group) is 1. The molecule has 0 saturated heterocycles. The Morgan fingerprint density at radius 2 is 1.79 bits per heavy atom. The molecule has 38 heavy (non-hydrogen) atoms. The van der Waals surface area contributed by atoms with Crippen LogP contribution in [0.4, 0.5) is 5.69 Å². The van der Waals surface area contributed by atoms with Gasteiger partial charge in [0, 0.05) is 11.5 Å². The number of ketones is 2. The second-order valence-electron chi connectivity index (χ2n) is 10.4. The smallest absolute Gasteiger partial charge is 0.255 e. The van der Waals surface area contributed by atoms with E-state index in [0.29, 0.717) is 5.56 Å². The van der Waals surface area contributed by atoms with E-state index in [4.69, 9.17) is 5.73 Å². The first kappa shape index (κ1) is 29.8. The highest BCUT2D eigenvalue weighted by Crippen LogP contribution is 2.52. The van der Waals surface area contributed by atoms with Crippen molar-refractivity contribution in [3.05, 3.63) is 45.9 Å². The molecule has 206 valence electrons. The fraction of sp³-hybridized carbons (Fsp3) is 0.440. The number of aliphatic hydroxyl groups excluding tert-OH is 2. The van der Waals surface area contributed by atoms with Crippen molar-refractivity contribution in [2.75, 3.05) is 19.4 Å². The lowest BCUT2D eigenvalue weighted by atomic mass is 9.58. The number of halogens is 2. The lowest BCUT2D eigenvalue weighted by molar-refractivity contribution is -0.148. The second kappa shape index (κ2) is 9.78. The number of allylic oxidation sites excluding steroid dienone is 1. The van der Waals surface area contributed by atoms with Gasteiger partial charge < -0.3 is 31.5 Å². The molecule has 0 aromatic heterocycles. The zero-order valence-electron chi connectivity index (χ0n) is 21.0. The van der Waals surface area contributed by atoms with E-state index >= 15 is 0 Å². The molecule has 4 rings (SSSR count). The van der Waals surface area contributed by atoms with Crippen molar-refractivity contribution < 1.29 is 39.6 Å². The van der Waals surface area contributed by atoms with E-state index in [9.17, 15) is 39.6 Å². The van der Waals surface area contributed by atoms with Crippen molar-refractivity contribution in [3.63, 3.8) is 0 Å². The van der Waals surface area contributed by atoms with Crippen LogP contribution in [-0.2, 0) is 20.8 Å². The standard InChI is InChI=1S/C25H28BrN3O8.BrH/c1-24(2,26)23(36)28-12-6-5-9-7-10-8-11-16(29(3)4)19(32)15(22(27)35)21(34)25(11,37)20(33)14(10)18(31)13(9)17(12)30;/h5-6,10-11,16,30,32-33,37H,7-8H2,1-4H3,(H2,27,35)(H,28,36);1H/t10?,11?,16-,25-;/m0./s1. The Bertz CT molecular complexity index is 1330. The van der Waals surface area contributed by atoms with Crippen LogP contribution in [0.5, 0.6) is 5.75 Å². The van der Waals surface area contributed by atoms with E-state index in [1.54, 1.807) is 34.0 Å². The number of nitrogens with two attached hydrogens (primary N) is 1. The molecule has 3 aliphatic carbocycles. The van der Waals surface area contributed by atoms with Crippen LogP contribution >= 0.6 is 32.9 Å². The normalized spacial score (nSPS) is 26.9. The number of alkyl halides is 1. The highest BCUT2D eigenvalue weighted by atomic mass is 79.9. The van der Waals surface area contributed by atoms with Crippen LogP contribution in [0.3, 0.4) is 0 Å². The van der Waals surface area contributed by atoms with Gasteiger partial charge in [-0.3, -0.25) is 24.1 Å². The van der Waals surface area contributed by atoms with E-state index in [2.05, 4.69) is 21.2 Å². The minimum absolute atomic E-state index is 0. The summed E-state index contributed by atoms with van der Waals surface area (Å²) in [6.45, 7) is 3.20. The number of nitrogens with one attached hydrogen (secondary N) is 1. The van der Waals surface area contributed by atoms with Gasteiger partial charge in [-0.2, -0.15) is 0 Å². The van der Waals surface area contributed by atoms with Crippen LogP contribution in [-0.4, -0.2) is 78.8 Å². The molecule has 0 radical (unpaired) electrons. The Labute approximate surface area is 237 Å². The van der Waals surface area contributed by atoms with Gasteiger partial charge in [0.1, 0.15) is 17.1 Å². The number of hydrogen-bond acceptors (Lipinski definition) is 9. The summed E-state index contributed by atoms with van der Waals surface area (Å²) in [6.07, 6.45) is 0.170. The molecular formula is C25H29Br2N3O8. The molecule has 0 aliphatic heterocycles. The quantitative estimate of drug-likeness (QED) is 0.159. The molecule has 0 bridgehead atoms. The zero-order chi connectivity index (χ0) is 27.8. The number of Topliss-reactive ketones (excluding diaryl/α,β-unsaturated/α-hetero) is 2. The molecule has 0 saturated carbocycles. The molecule has 3 aliphatic rings. The molecule has 1 aromatic rings. The Balaban J connectivity index is 0.00000400. The number of hydrogen-bond donors (Lipinski definition) is 6. The minimum atomic E-state index is -2.70. The Hall–Kier alpha value is -2.74. The molecule has 13 heteroatoms. The van der Waals surface area contributed by atoms with Crippen LogP contribution in [0.1, 0.15) is 36.2 Å². The van der Waals surface area contributed by atoms with Crippen molar-refractivity contribution in [2.45, 2.75) is 42.7 Å². The number of nitrogens with zero attached hydrogens (tertiary/aromatic N) is 1. The van der Waals surface area contributed by atoms with Gasteiger partial charge >= 0.3 is 0 Å². The molecular weight excluding hydrogens is 630 g/mol. The number of rotatable bonds is 4. The fourth-order valence-electron chi connectivity index (χ4n) is 5.60. The Morgan fingerprint density at radius 1 is 1.18 bits per heavy atom. The highest BCUT2D eigenvalue weighted by molar-refractivity contribution is 9.10. The fourth-order valence-corrected chi connectivity index (χ4v) is 5.70. The average molecular weight is 659 g/mol. The van der Waals surface area contributed by atoms with Gasteiger partial charge in [0.05, 0.1) is 21.6 Å². The molecule has 0 spiro atoms. The minimum Gasteiger partial charge on any atom is -0.510 e. The maximum atomic E-state index is 13.6. The summed E-state index contributed by atoms with van der Waals surface area (Å²) in [7, 11) is 3.13. The summed E-state index contributed by atoms with van der Waals surface area (Å²) >= 11 is 3.23. The maximum Gasteiger partial charge on any atom is 0.255 e. The molecule has 11 nitrogen and oxygen atoms in total. The number of amides is 2. The average Bonchev–Trinajstić information content (AvgIpc) is 2.77. The number of phenolic OH excluding ortho intramolecular Hbond substituents is 1. The first-order valence-corrected chi connectivity index (χ1v) is 12.3. The van der Waals surface area contributed by atoms with Crippen LogP contribution in [0.15, 0.2) is 34.8 Å². The van der Waals surface area contributed by atoms with E-state index in [1.807, 2.05) is 0 Å². The summed E-state index contributed by atoms with van der Waals surface area (Å²) in [4.78, 5) is 52.9. The first-order valence-electron chi connectivity index (χ1n) is 11.5. The van der Waals surface area contributed by atoms with Gasteiger partial charge in [0.2, 0.25) is 11.7 Å². The largest absolute Gasteiger partial charge is 0.510 e. The van der Waals surface area contributed by atoms with Crippen molar-refractivity contribution >= 4 is 62.0 Å². The van der Waals surface area contributed by atoms with Crippen LogP contribution in [0, 0.1) is 11.8 Å². The molecule has 4 atom stereocenters. The van der Waals surface area contributed by atoms with Crippen molar-refractivity contribution in [3.8, 4) is 5.75 Å². The van der Waals surface area contributed by atoms with Gasteiger partial charge in [-0.1, -0.05) is 22.0 Å². The van der Waals surface area contributed by atoms with Gasteiger partial charge in [0.15, 0.2) is 17.1 Å². The lowest BCUT2D eigenvalue weighted by Gasteiger charge is -2.50. The van der Waals surface area contributed by atoms with Crippen molar-refractivity contribution in [1.82, 2.24) is 4.90 Å². The van der Waals surface area contributed by atoms with E-state index < -0.39 is 74.0 Å². The Kier molecular flexibility index (Phi) is 7.67. The van der Waals surface area contributed by atoms with Crippen LogP contribution in [0.2, 0.25) is 0 Å². The number of aliphatic hydroxyl groups is 3. The SMILES string of the molecule is Br.CN(C)[C@@H]1C(O)=C(C(N)=O)C(=O)[C@@]2(O)C(O)=C3C(=O)c4c(ccc(NC(=O)C(C)(C)Br)c4O)CC3CC12. The molecule has 7 N–H and O–H groups in total.